The van der Waals surface area contributed by atoms with Crippen LogP contribution in [0.25, 0.3) is 0 Å². The van der Waals surface area contributed by atoms with E-state index in [1.807, 2.05) is 6.92 Å². The van der Waals surface area contributed by atoms with Crippen LogP contribution in [-0.2, 0) is 9.59 Å². The van der Waals surface area contributed by atoms with Crippen molar-refractivity contribution in [2.45, 2.75) is 19.9 Å². The highest BCUT2D eigenvalue weighted by molar-refractivity contribution is 6.39. The summed E-state index contributed by atoms with van der Waals surface area (Å²) in [4.78, 5) is 24.5. The third kappa shape index (κ3) is 5.13. The lowest BCUT2D eigenvalue weighted by Crippen LogP contribution is -2.37. The van der Waals surface area contributed by atoms with Gasteiger partial charge in [0.1, 0.15) is 5.75 Å². The van der Waals surface area contributed by atoms with Crippen molar-refractivity contribution in [2.75, 3.05) is 26.1 Å². The molecule has 0 aliphatic rings. The quantitative estimate of drug-likeness (QED) is 0.730. The lowest BCUT2D eigenvalue weighted by atomic mass is 10.1. The SMILES string of the molecule is CCOc1ccccc1NC(=O)C(=O)NC(C)c1ccc(OC)c(OC)c1. The second kappa shape index (κ2) is 9.47. The summed E-state index contributed by atoms with van der Waals surface area (Å²) >= 11 is 0. The van der Waals surface area contributed by atoms with E-state index in [-0.39, 0.29) is 0 Å². The molecule has 2 aromatic rings. The van der Waals surface area contributed by atoms with Crippen LogP contribution < -0.4 is 24.8 Å². The van der Waals surface area contributed by atoms with E-state index in [0.29, 0.717) is 29.5 Å². The molecule has 2 N–H and O–H groups in total. The zero-order chi connectivity index (χ0) is 19.8. The monoisotopic (exact) mass is 372 g/mol. The van der Waals surface area contributed by atoms with Crippen LogP contribution >= 0.6 is 0 Å². The molecule has 2 rings (SSSR count). The Labute approximate surface area is 158 Å². The number of para-hydroxylation sites is 2. The topological polar surface area (TPSA) is 85.9 Å². The lowest BCUT2D eigenvalue weighted by molar-refractivity contribution is -0.136. The van der Waals surface area contributed by atoms with Gasteiger partial charge in [-0.05, 0) is 43.7 Å². The summed E-state index contributed by atoms with van der Waals surface area (Å²) in [6.07, 6.45) is 0. The molecule has 0 bridgehead atoms. The summed E-state index contributed by atoms with van der Waals surface area (Å²) < 4.78 is 15.9. The second-order valence-electron chi connectivity index (χ2n) is 5.69. The second-order valence-corrected chi connectivity index (χ2v) is 5.69. The Hall–Kier alpha value is -3.22. The molecule has 0 aromatic heterocycles. The first kappa shape index (κ1) is 20.1. The third-order valence-electron chi connectivity index (χ3n) is 3.90. The molecule has 0 saturated heterocycles. The van der Waals surface area contributed by atoms with Gasteiger partial charge in [0, 0.05) is 0 Å². The number of benzene rings is 2. The normalized spacial score (nSPS) is 11.3. The maximum Gasteiger partial charge on any atom is 0.313 e. The van der Waals surface area contributed by atoms with Gasteiger partial charge in [-0.2, -0.15) is 0 Å². The van der Waals surface area contributed by atoms with Gasteiger partial charge >= 0.3 is 11.8 Å². The van der Waals surface area contributed by atoms with Gasteiger partial charge in [-0.3, -0.25) is 9.59 Å². The smallest absolute Gasteiger partial charge is 0.313 e. The van der Waals surface area contributed by atoms with Crippen molar-refractivity contribution in [1.29, 1.82) is 0 Å². The number of rotatable bonds is 7. The summed E-state index contributed by atoms with van der Waals surface area (Å²) in [6.45, 7) is 4.08. The van der Waals surface area contributed by atoms with Crippen LogP contribution in [0.4, 0.5) is 5.69 Å². The predicted molar refractivity (Wildman–Crippen MR) is 102 cm³/mol. The maximum absolute atomic E-state index is 12.3. The standard InChI is InChI=1S/C20H24N2O5/c1-5-27-16-9-7-6-8-15(16)22-20(24)19(23)21-13(2)14-10-11-17(25-3)18(12-14)26-4/h6-13H,5H2,1-4H3,(H,21,23)(H,22,24). The van der Waals surface area contributed by atoms with E-state index in [1.165, 1.54) is 7.11 Å². The van der Waals surface area contributed by atoms with Gasteiger partial charge in [0.2, 0.25) is 0 Å². The van der Waals surface area contributed by atoms with Crippen molar-refractivity contribution >= 4 is 17.5 Å². The number of carbonyl (C=O) groups is 2. The first-order chi connectivity index (χ1) is 13.0. The summed E-state index contributed by atoms with van der Waals surface area (Å²) in [7, 11) is 3.08. The molecule has 0 heterocycles. The van der Waals surface area contributed by atoms with Crippen LogP contribution in [0.3, 0.4) is 0 Å². The first-order valence-electron chi connectivity index (χ1n) is 8.55. The molecule has 2 aromatic carbocycles. The van der Waals surface area contributed by atoms with Crippen LogP contribution in [-0.4, -0.2) is 32.6 Å². The molecular weight excluding hydrogens is 348 g/mol. The zero-order valence-electron chi connectivity index (χ0n) is 15.9. The van der Waals surface area contributed by atoms with Crippen LogP contribution in [0, 0.1) is 0 Å². The van der Waals surface area contributed by atoms with Gasteiger partial charge < -0.3 is 24.8 Å². The average Bonchev–Trinajstić information content (AvgIpc) is 2.68. The van der Waals surface area contributed by atoms with E-state index in [0.717, 1.165) is 5.56 Å². The molecule has 7 heteroatoms. The van der Waals surface area contributed by atoms with Crippen LogP contribution in [0.2, 0.25) is 0 Å². The number of anilines is 1. The predicted octanol–water partition coefficient (Wildman–Crippen LogP) is 2.92. The lowest BCUT2D eigenvalue weighted by Gasteiger charge is -2.17. The van der Waals surface area contributed by atoms with Gasteiger partial charge in [0.05, 0.1) is 32.6 Å². The van der Waals surface area contributed by atoms with E-state index in [2.05, 4.69) is 10.6 Å². The summed E-state index contributed by atoms with van der Waals surface area (Å²) in [5.41, 5.74) is 1.22. The molecule has 0 aliphatic heterocycles. The molecule has 0 aliphatic carbocycles. The van der Waals surface area contributed by atoms with E-state index in [9.17, 15) is 9.59 Å². The summed E-state index contributed by atoms with van der Waals surface area (Å²) in [5.74, 6) is 0.128. The maximum atomic E-state index is 12.3. The van der Waals surface area contributed by atoms with Gasteiger partial charge in [0.15, 0.2) is 11.5 Å². The highest BCUT2D eigenvalue weighted by atomic mass is 16.5. The summed E-state index contributed by atoms with van der Waals surface area (Å²) in [5, 5.41) is 5.24. The number of amides is 2. The molecule has 7 nitrogen and oxygen atoms in total. The van der Waals surface area contributed by atoms with Gasteiger partial charge in [-0.25, -0.2) is 0 Å². The molecule has 144 valence electrons. The van der Waals surface area contributed by atoms with Crippen molar-refractivity contribution < 1.29 is 23.8 Å². The molecule has 2 amide bonds. The third-order valence-corrected chi connectivity index (χ3v) is 3.90. The van der Waals surface area contributed by atoms with Crippen molar-refractivity contribution in [2.24, 2.45) is 0 Å². The number of nitrogens with one attached hydrogen (secondary N) is 2. The minimum absolute atomic E-state index is 0.398. The summed E-state index contributed by atoms with van der Waals surface area (Å²) in [6, 6.07) is 11.8. The highest BCUT2D eigenvalue weighted by Gasteiger charge is 2.19. The van der Waals surface area contributed by atoms with Crippen molar-refractivity contribution in [1.82, 2.24) is 5.32 Å². The minimum atomic E-state index is -0.769. The number of ether oxygens (including phenoxy) is 3. The fourth-order valence-corrected chi connectivity index (χ4v) is 2.50. The molecule has 0 radical (unpaired) electrons. The van der Waals surface area contributed by atoms with Gasteiger partial charge in [0.25, 0.3) is 0 Å². The Morgan fingerprint density at radius 2 is 1.67 bits per heavy atom. The largest absolute Gasteiger partial charge is 0.493 e. The molecule has 0 fully saturated rings. The van der Waals surface area contributed by atoms with Crippen molar-refractivity contribution in [3.63, 3.8) is 0 Å². The fourth-order valence-electron chi connectivity index (χ4n) is 2.50. The van der Waals surface area contributed by atoms with E-state index in [1.54, 1.807) is 56.5 Å². The van der Waals surface area contributed by atoms with E-state index < -0.39 is 17.9 Å². The minimum Gasteiger partial charge on any atom is -0.493 e. The van der Waals surface area contributed by atoms with Crippen LogP contribution in [0.5, 0.6) is 17.2 Å². The molecule has 1 unspecified atom stereocenters. The zero-order valence-corrected chi connectivity index (χ0v) is 15.9. The number of methoxy groups -OCH3 is 2. The Kier molecular flexibility index (Phi) is 7.05. The molecular formula is C20H24N2O5. The van der Waals surface area contributed by atoms with E-state index >= 15 is 0 Å². The Bertz CT molecular complexity index is 807. The van der Waals surface area contributed by atoms with Crippen LogP contribution in [0.15, 0.2) is 42.5 Å². The fraction of sp³-hybridized carbons (Fsp3) is 0.300. The molecule has 0 spiro atoms. The first-order valence-corrected chi connectivity index (χ1v) is 8.55. The van der Waals surface area contributed by atoms with Gasteiger partial charge in [-0.15, -0.1) is 0 Å². The highest BCUT2D eigenvalue weighted by Crippen LogP contribution is 2.30. The van der Waals surface area contributed by atoms with Crippen molar-refractivity contribution in [3.8, 4) is 17.2 Å². The van der Waals surface area contributed by atoms with Crippen LogP contribution in [0.1, 0.15) is 25.5 Å². The Balaban J connectivity index is 2.05. The number of carbonyl (C=O) groups excluding carboxylic acids is 2. The number of hydrogen-bond donors (Lipinski definition) is 2. The van der Waals surface area contributed by atoms with Crippen molar-refractivity contribution in [3.05, 3.63) is 48.0 Å². The molecule has 27 heavy (non-hydrogen) atoms. The molecule has 1 atom stereocenters. The number of hydrogen-bond acceptors (Lipinski definition) is 5. The van der Waals surface area contributed by atoms with Gasteiger partial charge in [-0.1, -0.05) is 18.2 Å². The Morgan fingerprint density at radius 1 is 0.963 bits per heavy atom. The molecule has 0 saturated carbocycles. The Morgan fingerprint density at radius 3 is 2.33 bits per heavy atom. The average molecular weight is 372 g/mol. The van der Waals surface area contributed by atoms with E-state index in [4.69, 9.17) is 14.2 Å².